The lowest BCUT2D eigenvalue weighted by Crippen LogP contribution is -2.31. The molecule has 0 saturated carbocycles. The highest BCUT2D eigenvalue weighted by molar-refractivity contribution is 7.13. The largest absolute Gasteiger partial charge is 0.397 e. The molecule has 0 bridgehead atoms. The number of hydrogen-bond donors (Lipinski definition) is 1. The normalized spacial score (nSPS) is 14.0. The van der Waals surface area contributed by atoms with Crippen LogP contribution in [0.2, 0.25) is 0 Å². The quantitative estimate of drug-likeness (QED) is 0.623. The summed E-state index contributed by atoms with van der Waals surface area (Å²) >= 11 is 1.40. The first kappa shape index (κ1) is 19.6. The van der Waals surface area contributed by atoms with Gasteiger partial charge in [-0.2, -0.15) is 0 Å². The summed E-state index contributed by atoms with van der Waals surface area (Å²) in [6.45, 7) is 1.35. The van der Waals surface area contributed by atoms with Gasteiger partial charge in [-0.15, -0.1) is 11.3 Å². The monoisotopic (exact) mass is 414 g/mol. The van der Waals surface area contributed by atoms with Crippen molar-refractivity contribution in [1.29, 1.82) is 0 Å². The van der Waals surface area contributed by atoms with E-state index >= 15 is 0 Å². The van der Waals surface area contributed by atoms with Gasteiger partial charge in [-0.3, -0.25) is 14.7 Å². The summed E-state index contributed by atoms with van der Waals surface area (Å²) in [6.07, 6.45) is 0.822. The van der Waals surface area contributed by atoms with E-state index < -0.39 is 0 Å². The maximum Gasteiger partial charge on any atom is 0.197 e. The van der Waals surface area contributed by atoms with Crippen molar-refractivity contribution in [3.8, 4) is 11.3 Å². The number of carbonyl (C=O) groups is 1. The van der Waals surface area contributed by atoms with Crippen LogP contribution in [-0.4, -0.2) is 40.4 Å². The van der Waals surface area contributed by atoms with Crippen LogP contribution in [0.4, 0.5) is 14.5 Å². The average molecular weight is 414 g/mol. The molecule has 29 heavy (non-hydrogen) atoms. The van der Waals surface area contributed by atoms with Crippen LogP contribution in [0, 0.1) is 5.82 Å². The number of nitrogens with zero attached hydrogens (tertiary/aromatic N) is 3. The number of aromatic nitrogens is 2. The Balaban J connectivity index is 1.53. The van der Waals surface area contributed by atoms with Crippen LogP contribution < -0.4 is 5.73 Å². The molecule has 5 nitrogen and oxygen atoms in total. The second-order valence-electron chi connectivity index (χ2n) is 6.94. The van der Waals surface area contributed by atoms with Crippen LogP contribution in [-0.2, 0) is 19.4 Å². The van der Waals surface area contributed by atoms with Gasteiger partial charge in [0, 0.05) is 30.1 Å². The molecule has 8 heteroatoms. The Morgan fingerprint density at radius 2 is 1.97 bits per heavy atom. The topological polar surface area (TPSA) is 72.1 Å². The zero-order valence-corrected chi connectivity index (χ0v) is 16.5. The van der Waals surface area contributed by atoms with E-state index in [1.807, 2.05) is 4.90 Å². The molecule has 0 radical (unpaired) electrons. The van der Waals surface area contributed by atoms with Gasteiger partial charge in [-0.25, -0.2) is 13.8 Å². The molecule has 1 aliphatic rings. The van der Waals surface area contributed by atoms with E-state index in [2.05, 4.69) is 9.97 Å². The number of ketones is 1. The molecule has 2 aromatic heterocycles. The molecule has 1 aliphatic heterocycles. The van der Waals surface area contributed by atoms with Crippen molar-refractivity contribution in [2.24, 2.45) is 0 Å². The number of pyridine rings is 1. The molecular weight excluding hydrogens is 394 g/mol. The van der Waals surface area contributed by atoms with Gasteiger partial charge < -0.3 is 5.73 Å². The Morgan fingerprint density at radius 3 is 2.72 bits per heavy atom. The van der Waals surface area contributed by atoms with Gasteiger partial charge in [0.15, 0.2) is 10.8 Å². The third kappa shape index (κ3) is 4.33. The Bertz CT molecular complexity index is 1040. The van der Waals surface area contributed by atoms with Gasteiger partial charge >= 0.3 is 0 Å². The third-order valence-corrected chi connectivity index (χ3v) is 6.12. The third-order valence-electron chi connectivity index (χ3n) is 4.92. The van der Waals surface area contributed by atoms with Crippen molar-refractivity contribution in [2.75, 3.05) is 25.5 Å². The molecule has 0 atom stereocenters. The zero-order valence-electron chi connectivity index (χ0n) is 15.7. The number of nitrogens with two attached hydrogens (primary N) is 1. The van der Waals surface area contributed by atoms with Gasteiger partial charge in [0.2, 0.25) is 0 Å². The summed E-state index contributed by atoms with van der Waals surface area (Å²) in [4.78, 5) is 24.9. The van der Waals surface area contributed by atoms with Gasteiger partial charge in [-0.05, 0) is 42.8 Å². The molecule has 0 amide bonds. The summed E-state index contributed by atoms with van der Waals surface area (Å²) < 4.78 is 25.7. The first-order valence-electron chi connectivity index (χ1n) is 9.35. The zero-order chi connectivity index (χ0) is 20.4. The molecule has 150 valence electrons. The lowest BCUT2D eigenvalue weighted by atomic mass is 10.1. The van der Waals surface area contributed by atoms with Crippen LogP contribution in [0.1, 0.15) is 26.1 Å². The number of thiazole rings is 1. The Kier molecular flexibility index (Phi) is 5.64. The number of alkyl halides is 1. The molecule has 2 N–H and O–H groups in total. The fourth-order valence-electron chi connectivity index (χ4n) is 3.35. The van der Waals surface area contributed by atoms with Gasteiger partial charge in [-0.1, -0.05) is 0 Å². The molecular formula is C21H20F2N4OS. The summed E-state index contributed by atoms with van der Waals surface area (Å²) in [6, 6.07) is 9.46. The number of nitrogen functional groups attached to an aromatic ring is 1. The molecule has 4 rings (SSSR count). The van der Waals surface area contributed by atoms with Gasteiger partial charge in [0.25, 0.3) is 0 Å². The first-order valence-corrected chi connectivity index (χ1v) is 10.2. The predicted molar refractivity (Wildman–Crippen MR) is 109 cm³/mol. The van der Waals surface area contributed by atoms with Crippen LogP contribution in [0.3, 0.4) is 0 Å². The van der Waals surface area contributed by atoms with Gasteiger partial charge in [0.05, 0.1) is 29.2 Å². The first-order chi connectivity index (χ1) is 14.0. The fraction of sp³-hybridized carbons (Fsp3) is 0.286. The summed E-state index contributed by atoms with van der Waals surface area (Å²) in [5.74, 6) is -0.464. The van der Waals surface area contributed by atoms with E-state index in [1.54, 1.807) is 24.3 Å². The predicted octanol–water partition coefficient (Wildman–Crippen LogP) is 3.68. The SMILES string of the molecule is Nc1ccc(-c2ccc(F)cc2)nc1CC(=O)c1nc2c(s1)CCN(CCF)C2. The highest BCUT2D eigenvalue weighted by Crippen LogP contribution is 2.27. The minimum absolute atomic E-state index is 0.0431. The highest BCUT2D eigenvalue weighted by atomic mass is 32.1. The standard InChI is InChI=1S/C21H20F2N4OS/c22-8-10-27-9-7-20-18(12-27)26-21(29-20)19(28)11-17-15(24)5-6-16(25-17)13-1-3-14(23)4-2-13/h1-6H,7-12,24H2. The number of hydrogen-bond acceptors (Lipinski definition) is 6. The second kappa shape index (κ2) is 8.34. The van der Waals surface area contributed by atoms with E-state index in [1.165, 1.54) is 23.5 Å². The van der Waals surface area contributed by atoms with E-state index in [4.69, 9.17) is 5.73 Å². The number of anilines is 1. The van der Waals surface area contributed by atoms with Crippen LogP contribution >= 0.6 is 11.3 Å². The minimum atomic E-state index is -0.388. The molecule has 3 aromatic rings. The molecule has 0 fully saturated rings. The summed E-state index contributed by atoms with van der Waals surface area (Å²) in [5, 5.41) is 0.436. The lowest BCUT2D eigenvalue weighted by Gasteiger charge is -2.24. The Labute approximate surface area is 171 Å². The fourth-order valence-corrected chi connectivity index (χ4v) is 4.34. The number of fused-ring (bicyclic) bond motifs is 1. The number of Topliss-reactive ketones (excluding diaryl/α,β-unsaturated/α-hetero) is 1. The smallest absolute Gasteiger partial charge is 0.197 e. The van der Waals surface area contributed by atoms with Crippen LogP contribution in [0.25, 0.3) is 11.3 Å². The molecule has 0 saturated heterocycles. The number of halogens is 2. The van der Waals surface area contributed by atoms with E-state index in [9.17, 15) is 13.6 Å². The second-order valence-corrected chi connectivity index (χ2v) is 8.03. The molecule has 0 unspecified atom stereocenters. The van der Waals surface area contributed by atoms with Crippen molar-refractivity contribution in [2.45, 2.75) is 19.4 Å². The molecule has 0 aliphatic carbocycles. The van der Waals surface area contributed by atoms with Crippen LogP contribution in [0.15, 0.2) is 36.4 Å². The van der Waals surface area contributed by atoms with Crippen molar-refractivity contribution < 1.29 is 13.6 Å². The summed E-state index contributed by atoms with van der Waals surface area (Å²) in [5.41, 5.74) is 9.17. The number of rotatable bonds is 6. The Morgan fingerprint density at radius 1 is 1.17 bits per heavy atom. The Hall–Kier alpha value is -2.71. The van der Waals surface area contributed by atoms with E-state index in [0.29, 0.717) is 35.2 Å². The molecule has 3 heterocycles. The highest BCUT2D eigenvalue weighted by Gasteiger charge is 2.23. The maximum atomic E-state index is 13.2. The maximum absolute atomic E-state index is 13.2. The van der Waals surface area contributed by atoms with Crippen molar-refractivity contribution in [3.05, 3.63) is 63.5 Å². The minimum Gasteiger partial charge on any atom is -0.397 e. The average Bonchev–Trinajstić information content (AvgIpc) is 3.14. The van der Waals surface area contributed by atoms with Crippen molar-refractivity contribution in [1.82, 2.24) is 14.9 Å². The lowest BCUT2D eigenvalue weighted by molar-refractivity contribution is 0.0991. The van der Waals surface area contributed by atoms with E-state index in [0.717, 1.165) is 29.1 Å². The van der Waals surface area contributed by atoms with Crippen molar-refractivity contribution >= 4 is 22.8 Å². The number of benzene rings is 1. The molecule has 0 spiro atoms. The number of carbonyl (C=O) groups excluding carboxylic acids is 1. The summed E-state index contributed by atoms with van der Waals surface area (Å²) in [7, 11) is 0. The van der Waals surface area contributed by atoms with Crippen molar-refractivity contribution in [3.63, 3.8) is 0 Å². The van der Waals surface area contributed by atoms with Gasteiger partial charge in [0.1, 0.15) is 12.5 Å². The molecule has 1 aromatic carbocycles. The van der Waals surface area contributed by atoms with E-state index in [-0.39, 0.29) is 24.7 Å². The van der Waals surface area contributed by atoms with Crippen LogP contribution in [0.5, 0.6) is 0 Å².